The highest BCUT2D eigenvalue weighted by atomic mass is 16.6. The molecule has 0 radical (unpaired) electrons. The molecule has 0 spiro atoms. The lowest BCUT2D eigenvalue weighted by molar-refractivity contribution is -0.131. The smallest absolute Gasteiger partial charge is 0.410 e. The van der Waals surface area contributed by atoms with Gasteiger partial charge in [-0.15, -0.1) is 0 Å². The van der Waals surface area contributed by atoms with Gasteiger partial charge in [-0.2, -0.15) is 0 Å². The van der Waals surface area contributed by atoms with Gasteiger partial charge in [0, 0.05) is 32.1 Å². The molecule has 1 fully saturated rings. The molecule has 1 unspecified atom stereocenters. The zero-order valence-electron chi connectivity index (χ0n) is 13.8. The van der Waals surface area contributed by atoms with Crippen LogP contribution < -0.4 is 0 Å². The van der Waals surface area contributed by atoms with Crippen molar-refractivity contribution in [2.24, 2.45) is 0 Å². The Labute approximate surface area is 122 Å². The van der Waals surface area contributed by atoms with Crippen LogP contribution in [-0.4, -0.2) is 52.6 Å². The molecule has 20 heavy (non-hydrogen) atoms. The average Bonchev–Trinajstić information content (AvgIpc) is 2.23. The van der Waals surface area contributed by atoms with E-state index in [9.17, 15) is 9.59 Å². The zero-order valence-corrected chi connectivity index (χ0v) is 13.8. The van der Waals surface area contributed by atoms with E-state index in [4.69, 9.17) is 4.74 Å². The van der Waals surface area contributed by atoms with Crippen molar-refractivity contribution in [3.05, 3.63) is 0 Å². The van der Waals surface area contributed by atoms with Crippen molar-refractivity contribution >= 4 is 12.0 Å². The largest absolute Gasteiger partial charge is 0.444 e. The van der Waals surface area contributed by atoms with Gasteiger partial charge in [0.25, 0.3) is 0 Å². The van der Waals surface area contributed by atoms with Gasteiger partial charge in [-0.3, -0.25) is 4.79 Å². The molecule has 0 aromatic heterocycles. The highest BCUT2D eigenvalue weighted by Gasteiger charge is 2.41. The van der Waals surface area contributed by atoms with E-state index < -0.39 is 5.60 Å². The minimum absolute atomic E-state index is 0.0662. The number of ether oxygens (including phenoxy) is 1. The van der Waals surface area contributed by atoms with E-state index in [1.54, 1.807) is 16.7 Å². The summed E-state index contributed by atoms with van der Waals surface area (Å²) in [4.78, 5) is 27.3. The fourth-order valence-electron chi connectivity index (χ4n) is 2.61. The van der Waals surface area contributed by atoms with Gasteiger partial charge >= 0.3 is 6.09 Å². The monoisotopic (exact) mass is 284 g/mol. The Balaban J connectivity index is 2.76. The molecular weight excluding hydrogens is 256 g/mol. The van der Waals surface area contributed by atoms with E-state index >= 15 is 0 Å². The summed E-state index contributed by atoms with van der Waals surface area (Å²) in [6.07, 6.45) is 1.28. The number of carbonyl (C=O) groups excluding carboxylic acids is 2. The lowest BCUT2D eigenvalue weighted by atomic mass is 9.86. The van der Waals surface area contributed by atoms with E-state index in [0.717, 1.165) is 12.8 Å². The highest BCUT2D eigenvalue weighted by Crippen LogP contribution is 2.31. The molecule has 1 saturated heterocycles. The molecule has 0 aliphatic carbocycles. The van der Waals surface area contributed by atoms with Crippen molar-refractivity contribution in [3.63, 3.8) is 0 Å². The van der Waals surface area contributed by atoms with Crippen LogP contribution in [0.15, 0.2) is 0 Å². The van der Waals surface area contributed by atoms with Crippen LogP contribution >= 0.6 is 0 Å². The molecule has 1 aliphatic heterocycles. The second-order valence-electron chi connectivity index (χ2n) is 7.22. The molecule has 0 aromatic carbocycles. The predicted octanol–water partition coefficient (Wildman–Crippen LogP) is 2.64. The van der Waals surface area contributed by atoms with Crippen molar-refractivity contribution in [2.45, 2.75) is 71.6 Å². The van der Waals surface area contributed by atoms with Gasteiger partial charge in [-0.25, -0.2) is 4.79 Å². The third kappa shape index (κ3) is 4.12. The van der Waals surface area contributed by atoms with E-state index in [1.165, 1.54) is 0 Å². The van der Waals surface area contributed by atoms with Crippen molar-refractivity contribution in [1.82, 2.24) is 9.80 Å². The van der Waals surface area contributed by atoms with Crippen LogP contribution in [-0.2, 0) is 9.53 Å². The van der Waals surface area contributed by atoms with Crippen molar-refractivity contribution in [2.75, 3.05) is 13.6 Å². The van der Waals surface area contributed by atoms with Gasteiger partial charge in [-0.05, 0) is 47.5 Å². The second-order valence-corrected chi connectivity index (χ2v) is 7.22. The van der Waals surface area contributed by atoms with Gasteiger partial charge in [-0.1, -0.05) is 0 Å². The summed E-state index contributed by atoms with van der Waals surface area (Å²) < 4.78 is 5.46. The van der Waals surface area contributed by atoms with Gasteiger partial charge in [0.15, 0.2) is 0 Å². The van der Waals surface area contributed by atoms with Gasteiger partial charge in [0.1, 0.15) is 5.60 Å². The first kappa shape index (κ1) is 16.8. The first-order chi connectivity index (χ1) is 8.94. The molecule has 116 valence electrons. The van der Waals surface area contributed by atoms with E-state index in [1.807, 2.05) is 41.7 Å². The van der Waals surface area contributed by atoms with Crippen LogP contribution in [0, 0.1) is 0 Å². The Morgan fingerprint density at radius 2 is 1.85 bits per heavy atom. The average molecular weight is 284 g/mol. The molecule has 1 rings (SSSR count). The molecule has 5 nitrogen and oxygen atoms in total. The Kier molecular flexibility index (Phi) is 4.72. The minimum Gasteiger partial charge on any atom is -0.444 e. The standard InChI is InChI=1S/C15H28N2O3/c1-11(18)16(7)12-8-9-17(15(5,6)10-12)13(19)20-14(2,3)4/h12H,8-10H2,1-7H3. The van der Waals surface area contributed by atoms with Crippen LogP contribution in [0.25, 0.3) is 0 Å². The molecule has 0 aromatic rings. The topological polar surface area (TPSA) is 49.9 Å². The number of hydrogen-bond donors (Lipinski definition) is 0. The molecule has 5 heteroatoms. The van der Waals surface area contributed by atoms with E-state index in [0.29, 0.717) is 6.54 Å². The number of rotatable bonds is 1. The lowest BCUT2D eigenvalue weighted by Gasteiger charge is -2.47. The molecule has 1 atom stereocenters. The molecule has 1 aliphatic rings. The third-order valence-electron chi connectivity index (χ3n) is 3.81. The van der Waals surface area contributed by atoms with Crippen LogP contribution in [0.2, 0.25) is 0 Å². The van der Waals surface area contributed by atoms with Crippen molar-refractivity contribution in [1.29, 1.82) is 0 Å². The number of hydrogen-bond acceptors (Lipinski definition) is 3. The summed E-state index contributed by atoms with van der Waals surface area (Å²) in [5.41, 5.74) is -0.796. The second kappa shape index (κ2) is 5.62. The normalized spacial score (nSPS) is 22.4. The van der Waals surface area contributed by atoms with Crippen molar-refractivity contribution < 1.29 is 14.3 Å². The summed E-state index contributed by atoms with van der Waals surface area (Å²) >= 11 is 0. The molecule has 0 bridgehead atoms. The predicted molar refractivity (Wildman–Crippen MR) is 78.5 cm³/mol. The maximum absolute atomic E-state index is 12.3. The van der Waals surface area contributed by atoms with Crippen LogP contribution in [0.5, 0.6) is 0 Å². The molecule has 2 amide bonds. The number of nitrogens with zero attached hydrogens (tertiary/aromatic N) is 2. The van der Waals surface area contributed by atoms with Gasteiger partial charge in [0.2, 0.25) is 5.91 Å². The summed E-state index contributed by atoms with van der Waals surface area (Å²) in [5, 5.41) is 0. The van der Waals surface area contributed by atoms with Crippen LogP contribution in [0.1, 0.15) is 54.4 Å². The fraction of sp³-hybridized carbons (Fsp3) is 0.867. The summed E-state index contributed by atoms with van der Waals surface area (Å²) in [6, 6.07) is 0.182. The number of carbonyl (C=O) groups is 2. The molecule has 0 N–H and O–H groups in total. The Morgan fingerprint density at radius 3 is 2.25 bits per heavy atom. The summed E-state index contributed by atoms with van der Waals surface area (Å²) in [5.74, 6) is 0.0662. The third-order valence-corrected chi connectivity index (χ3v) is 3.81. The first-order valence-corrected chi connectivity index (χ1v) is 7.18. The van der Waals surface area contributed by atoms with E-state index in [2.05, 4.69) is 0 Å². The minimum atomic E-state index is -0.486. The highest BCUT2D eigenvalue weighted by molar-refractivity contribution is 5.73. The summed E-state index contributed by atoms with van der Waals surface area (Å²) in [7, 11) is 1.83. The quantitative estimate of drug-likeness (QED) is 0.744. The molecule has 1 heterocycles. The molecular formula is C15H28N2O3. The van der Waals surface area contributed by atoms with Gasteiger partial charge in [0.05, 0.1) is 0 Å². The zero-order chi connectivity index (χ0) is 15.7. The lowest BCUT2D eigenvalue weighted by Crippen LogP contribution is -2.58. The molecule has 0 saturated carbocycles. The van der Waals surface area contributed by atoms with E-state index in [-0.39, 0.29) is 23.6 Å². The maximum Gasteiger partial charge on any atom is 0.410 e. The summed E-state index contributed by atoms with van der Waals surface area (Å²) in [6.45, 7) is 11.8. The Morgan fingerprint density at radius 1 is 1.30 bits per heavy atom. The van der Waals surface area contributed by atoms with Gasteiger partial charge < -0.3 is 14.5 Å². The number of amides is 2. The Hall–Kier alpha value is -1.26. The van der Waals surface area contributed by atoms with Crippen LogP contribution in [0.3, 0.4) is 0 Å². The SMILES string of the molecule is CC(=O)N(C)C1CCN(C(=O)OC(C)(C)C)C(C)(C)C1. The first-order valence-electron chi connectivity index (χ1n) is 7.18. The number of piperidine rings is 1. The van der Waals surface area contributed by atoms with Crippen molar-refractivity contribution in [3.8, 4) is 0 Å². The number of likely N-dealkylation sites (tertiary alicyclic amines) is 1. The fourth-order valence-corrected chi connectivity index (χ4v) is 2.61. The maximum atomic E-state index is 12.3. The Bertz CT molecular complexity index is 385. The van der Waals surface area contributed by atoms with Crippen LogP contribution in [0.4, 0.5) is 4.79 Å².